The SMILES string of the molecule is CCN(C(=O)NCc1ccc(C)nc1)C(C)(C)C(=O)O. The molecule has 0 spiro atoms. The van der Waals surface area contributed by atoms with Gasteiger partial charge >= 0.3 is 12.0 Å². The van der Waals surface area contributed by atoms with Gasteiger partial charge in [0.25, 0.3) is 0 Å². The van der Waals surface area contributed by atoms with Crippen molar-refractivity contribution in [2.24, 2.45) is 0 Å². The highest BCUT2D eigenvalue weighted by atomic mass is 16.4. The Hall–Kier alpha value is -2.11. The minimum Gasteiger partial charge on any atom is -0.480 e. The molecule has 0 aromatic carbocycles. The van der Waals surface area contributed by atoms with Crippen LogP contribution in [0.15, 0.2) is 18.3 Å². The zero-order valence-corrected chi connectivity index (χ0v) is 12.3. The Morgan fingerprint density at radius 1 is 1.40 bits per heavy atom. The standard InChI is InChI=1S/C14H21N3O3/c1-5-17(14(3,4)12(18)19)13(20)16-9-11-7-6-10(2)15-8-11/h6-8H,5,9H2,1-4H3,(H,16,20)(H,18,19). The van der Waals surface area contributed by atoms with Crippen molar-refractivity contribution in [1.82, 2.24) is 15.2 Å². The van der Waals surface area contributed by atoms with E-state index < -0.39 is 17.5 Å². The zero-order chi connectivity index (χ0) is 15.3. The van der Waals surface area contributed by atoms with Crippen LogP contribution in [0.4, 0.5) is 4.79 Å². The summed E-state index contributed by atoms with van der Waals surface area (Å²) in [6.45, 7) is 7.28. The third kappa shape index (κ3) is 3.69. The third-order valence-corrected chi connectivity index (χ3v) is 3.18. The van der Waals surface area contributed by atoms with Crippen LogP contribution < -0.4 is 5.32 Å². The first kappa shape index (κ1) is 15.9. The quantitative estimate of drug-likeness (QED) is 0.860. The average Bonchev–Trinajstić information content (AvgIpc) is 2.38. The molecule has 2 N–H and O–H groups in total. The molecule has 0 radical (unpaired) electrons. The number of pyridine rings is 1. The van der Waals surface area contributed by atoms with Crippen molar-refractivity contribution in [1.29, 1.82) is 0 Å². The molecule has 1 rings (SSSR count). The van der Waals surface area contributed by atoms with E-state index in [2.05, 4.69) is 10.3 Å². The van der Waals surface area contributed by atoms with Gasteiger partial charge in [0.2, 0.25) is 0 Å². The molecule has 1 aromatic rings. The van der Waals surface area contributed by atoms with Gasteiger partial charge < -0.3 is 15.3 Å². The van der Waals surface area contributed by atoms with E-state index in [0.717, 1.165) is 11.3 Å². The maximum absolute atomic E-state index is 12.1. The molecule has 0 unspecified atom stereocenters. The highest BCUT2D eigenvalue weighted by Gasteiger charge is 2.36. The number of likely N-dealkylation sites (N-methyl/N-ethyl adjacent to an activating group) is 1. The van der Waals surface area contributed by atoms with E-state index in [9.17, 15) is 14.7 Å². The number of aliphatic carboxylic acids is 1. The minimum absolute atomic E-state index is 0.317. The molecule has 0 bridgehead atoms. The second-order valence-corrected chi connectivity index (χ2v) is 5.07. The van der Waals surface area contributed by atoms with Gasteiger partial charge in [0.1, 0.15) is 5.54 Å². The summed E-state index contributed by atoms with van der Waals surface area (Å²) in [5.74, 6) is -1.04. The first-order valence-electron chi connectivity index (χ1n) is 6.49. The van der Waals surface area contributed by atoms with E-state index in [1.54, 1.807) is 13.1 Å². The molecule has 0 aliphatic rings. The molecule has 6 heteroatoms. The van der Waals surface area contributed by atoms with E-state index in [1.807, 2.05) is 19.1 Å². The summed E-state index contributed by atoms with van der Waals surface area (Å²) in [6, 6.07) is 3.34. The Morgan fingerprint density at radius 3 is 2.50 bits per heavy atom. The molecule has 0 atom stereocenters. The topological polar surface area (TPSA) is 82.5 Å². The fourth-order valence-corrected chi connectivity index (χ4v) is 1.78. The van der Waals surface area contributed by atoms with Gasteiger partial charge in [-0.05, 0) is 39.3 Å². The van der Waals surface area contributed by atoms with Crippen molar-refractivity contribution in [3.8, 4) is 0 Å². The van der Waals surface area contributed by atoms with Crippen LogP contribution in [0, 0.1) is 6.92 Å². The molecule has 1 aromatic heterocycles. The fourth-order valence-electron chi connectivity index (χ4n) is 1.78. The van der Waals surface area contributed by atoms with Crippen molar-refractivity contribution in [2.75, 3.05) is 6.54 Å². The maximum Gasteiger partial charge on any atom is 0.329 e. The van der Waals surface area contributed by atoms with E-state index in [4.69, 9.17) is 0 Å². The summed E-state index contributed by atoms with van der Waals surface area (Å²) in [5.41, 5.74) is 0.528. The number of carboxylic acid groups (broad SMARTS) is 1. The van der Waals surface area contributed by atoms with Gasteiger partial charge in [0.15, 0.2) is 0 Å². The lowest BCUT2D eigenvalue weighted by Crippen LogP contribution is -2.55. The second-order valence-electron chi connectivity index (χ2n) is 5.07. The van der Waals surface area contributed by atoms with Crippen LogP contribution in [0.5, 0.6) is 0 Å². The van der Waals surface area contributed by atoms with Crippen molar-refractivity contribution >= 4 is 12.0 Å². The highest BCUT2D eigenvalue weighted by Crippen LogP contribution is 2.14. The van der Waals surface area contributed by atoms with Crippen molar-refractivity contribution in [3.05, 3.63) is 29.6 Å². The molecular formula is C14H21N3O3. The molecule has 1 heterocycles. The van der Waals surface area contributed by atoms with Gasteiger partial charge in [0.05, 0.1) is 0 Å². The number of rotatable bonds is 5. The summed E-state index contributed by atoms with van der Waals surface area (Å²) in [4.78, 5) is 28.7. The highest BCUT2D eigenvalue weighted by molar-refractivity contribution is 5.85. The molecule has 20 heavy (non-hydrogen) atoms. The van der Waals surface area contributed by atoms with Crippen LogP contribution in [0.2, 0.25) is 0 Å². The van der Waals surface area contributed by atoms with Crippen LogP contribution in [0.3, 0.4) is 0 Å². The van der Waals surface area contributed by atoms with Crippen LogP contribution >= 0.6 is 0 Å². The van der Waals surface area contributed by atoms with Crippen LogP contribution in [-0.2, 0) is 11.3 Å². The predicted octanol–water partition coefficient (Wildman–Crippen LogP) is 1.78. The van der Waals surface area contributed by atoms with E-state index in [-0.39, 0.29) is 0 Å². The number of aromatic nitrogens is 1. The summed E-state index contributed by atoms with van der Waals surface area (Å²) >= 11 is 0. The van der Waals surface area contributed by atoms with Crippen LogP contribution in [0.1, 0.15) is 32.0 Å². The van der Waals surface area contributed by atoms with Gasteiger partial charge in [-0.2, -0.15) is 0 Å². The lowest BCUT2D eigenvalue weighted by atomic mass is 10.0. The molecule has 110 valence electrons. The smallest absolute Gasteiger partial charge is 0.329 e. The van der Waals surface area contributed by atoms with Crippen molar-refractivity contribution < 1.29 is 14.7 Å². The number of hydrogen-bond acceptors (Lipinski definition) is 3. The minimum atomic E-state index is -1.25. The molecule has 0 aliphatic heterocycles. The molecule has 0 fully saturated rings. The summed E-state index contributed by atoms with van der Waals surface area (Å²) in [7, 11) is 0. The number of urea groups is 1. The number of amides is 2. The normalized spacial score (nSPS) is 11.0. The average molecular weight is 279 g/mol. The molecule has 0 saturated carbocycles. The van der Waals surface area contributed by atoms with E-state index >= 15 is 0 Å². The summed E-state index contributed by atoms with van der Waals surface area (Å²) < 4.78 is 0. The van der Waals surface area contributed by atoms with Crippen LogP contribution in [0.25, 0.3) is 0 Å². The number of aryl methyl sites for hydroxylation is 1. The van der Waals surface area contributed by atoms with Crippen molar-refractivity contribution in [2.45, 2.75) is 39.8 Å². The van der Waals surface area contributed by atoms with E-state index in [0.29, 0.717) is 13.1 Å². The Labute approximate surface area is 118 Å². The monoisotopic (exact) mass is 279 g/mol. The lowest BCUT2D eigenvalue weighted by molar-refractivity contribution is -0.147. The third-order valence-electron chi connectivity index (χ3n) is 3.18. The Kier molecular flexibility index (Phi) is 5.07. The summed E-state index contributed by atoms with van der Waals surface area (Å²) in [5, 5.41) is 11.9. The van der Waals surface area contributed by atoms with Crippen molar-refractivity contribution in [3.63, 3.8) is 0 Å². The maximum atomic E-state index is 12.1. The zero-order valence-electron chi connectivity index (χ0n) is 12.3. The first-order valence-corrected chi connectivity index (χ1v) is 6.49. The number of nitrogens with one attached hydrogen (secondary N) is 1. The predicted molar refractivity (Wildman–Crippen MR) is 75.3 cm³/mol. The van der Waals surface area contributed by atoms with Gasteiger partial charge in [-0.25, -0.2) is 9.59 Å². The fraction of sp³-hybridized carbons (Fsp3) is 0.500. The van der Waals surface area contributed by atoms with Gasteiger partial charge in [-0.3, -0.25) is 4.98 Å². The molecule has 2 amide bonds. The van der Waals surface area contributed by atoms with Gasteiger partial charge in [0, 0.05) is 25.0 Å². The van der Waals surface area contributed by atoms with Gasteiger partial charge in [-0.15, -0.1) is 0 Å². The lowest BCUT2D eigenvalue weighted by Gasteiger charge is -2.34. The number of nitrogens with zero attached hydrogens (tertiary/aromatic N) is 2. The number of hydrogen-bond donors (Lipinski definition) is 2. The largest absolute Gasteiger partial charge is 0.480 e. The second kappa shape index (κ2) is 6.36. The van der Waals surface area contributed by atoms with Gasteiger partial charge in [-0.1, -0.05) is 6.07 Å². The van der Waals surface area contributed by atoms with Crippen LogP contribution in [-0.4, -0.2) is 39.1 Å². The first-order chi connectivity index (χ1) is 9.28. The number of carboxylic acids is 1. The Morgan fingerprint density at radius 2 is 2.05 bits per heavy atom. The molecule has 0 saturated heterocycles. The molecular weight excluding hydrogens is 258 g/mol. The molecule has 0 aliphatic carbocycles. The van der Waals surface area contributed by atoms with E-state index in [1.165, 1.54) is 18.7 Å². The Balaban J connectivity index is 2.69. The Bertz CT molecular complexity index is 483. The number of carbonyl (C=O) groups excluding carboxylic acids is 1. The number of carbonyl (C=O) groups is 2. The molecule has 6 nitrogen and oxygen atoms in total. The summed E-state index contributed by atoms with van der Waals surface area (Å²) in [6.07, 6.45) is 1.69.